The van der Waals surface area contributed by atoms with Crippen molar-refractivity contribution < 1.29 is 24.0 Å². The molecule has 10 nitrogen and oxygen atoms in total. The zero-order valence-electron chi connectivity index (χ0n) is 20.6. The van der Waals surface area contributed by atoms with E-state index in [1.165, 1.54) is 30.6 Å². The molecule has 1 fully saturated rings. The highest BCUT2D eigenvalue weighted by Gasteiger charge is 2.29. The van der Waals surface area contributed by atoms with Gasteiger partial charge in [0.2, 0.25) is 5.91 Å². The Bertz CT molecular complexity index is 1440. The number of thiophene rings is 2. The number of piperazine rings is 1. The number of carbonyl (C=O) groups excluding carboxylic acids is 3. The minimum atomic E-state index is -0.479. The van der Waals surface area contributed by atoms with Crippen molar-refractivity contribution in [3.05, 3.63) is 54.2 Å². The number of fused-ring (bicyclic) bond motifs is 2. The summed E-state index contributed by atoms with van der Waals surface area (Å²) < 4.78 is 5.57. The number of nitrogens with zero attached hydrogens (tertiary/aromatic N) is 3. The number of non-ortho nitro benzene ring substituents is 1. The number of ether oxygens (including phenoxy) is 1. The van der Waals surface area contributed by atoms with Gasteiger partial charge in [-0.25, -0.2) is 4.79 Å². The summed E-state index contributed by atoms with van der Waals surface area (Å²) in [6.45, 7) is 1.96. The molecule has 38 heavy (non-hydrogen) atoms. The molecule has 3 heterocycles. The largest absolute Gasteiger partial charge is 0.465 e. The number of methoxy groups -OCH3 is 1. The molecule has 1 aromatic carbocycles. The number of nitro benzene ring substituents is 1. The van der Waals surface area contributed by atoms with Gasteiger partial charge < -0.3 is 15.0 Å². The Labute approximate surface area is 231 Å². The van der Waals surface area contributed by atoms with Crippen LogP contribution >= 0.6 is 34.3 Å². The Kier molecular flexibility index (Phi) is 7.66. The van der Waals surface area contributed by atoms with Crippen LogP contribution in [-0.2, 0) is 22.4 Å². The van der Waals surface area contributed by atoms with E-state index in [0.29, 0.717) is 56.7 Å². The third-order valence-electron chi connectivity index (χ3n) is 6.86. The summed E-state index contributed by atoms with van der Waals surface area (Å²) in [5, 5.41) is 15.5. The smallest absolute Gasteiger partial charge is 0.341 e. The van der Waals surface area contributed by atoms with Gasteiger partial charge in [0.15, 0.2) is 0 Å². The van der Waals surface area contributed by atoms with Crippen molar-refractivity contribution in [2.24, 2.45) is 0 Å². The van der Waals surface area contributed by atoms with E-state index in [1.54, 1.807) is 11.0 Å². The minimum Gasteiger partial charge on any atom is -0.465 e. The minimum absolute atomic E-state index is 0.0530. The summed E-state index contributed by atoms with van der Waals surface area (Å²) in [7, 11) is 1.34. The summed E-state index contributed by atoms with van der Waals surface area (Å²) in [5.74, 6) is -0.876. The van der Waals surface area contributed by atoms with Crippen LogP contribution in [0.25, 0.3) is 10.1 Å². The Balaban J connectivity index is 1.21. The second-order valence-corrected chi connectivity index (χ2v) is 11.7. The third-order valence-corrected chi connectivity index (χ3v) is 9.71. The molecule has 0 unspecified atom stereocenters. The van der Waals surface area contributed by atoms with Crippen LogP contribution in [0.5, 0.6) is 0 Å². The molecule has 200 valence electrons. The first kappa shape index (κ1) is 26.5. The number of nitrogens with one attached hydrogen (secondary N) is 1. The van der Waals surface area contributed by atoms with Crippen LogP contribution in [0.2, 0.25) is 5.02 Å². The predicted octanol–water partition coefficient (Wildman–Crippen LogP) is 4.59. The first-order valence-electron chi connectivity index (χ1n) is 12.2. The summed E-state index contributed by atoms with van der Waals surface area (Å²) in [4.78, 5) is 54.2. The molecule has 0 bridgehead atoms. The molecule has 2 amide bonds. The van der Waals surface area contributed by atoms with Crippen LogP contribution < -0.4 is 5.32 Å². The van der Waals surface area contributed by atoms with Gasteiger partial charge >= 0.3 is 5.97 Å². The second-order valence-electron chi connectivity index (χ2n) is 9.21. The van der Waals surface area contributed by atoms with Crippen molar-refractivity contribution in [1.29, 1.82) is 0 Å². The number of anilines is 1. The molecule has 2 aliphatic rings. The highest BCUT2D eigenvalue weighted by Crippen LogP contribution is 2.39. The number of rotatable bonds is 6. The molecule has 0 spiro atoms. The van der Waals surface area contributed by atoms with E-state index in [1.807, 2.05) is 4.90 Å². The number of hydrogen-bond donors (Lipinski definition) is 1. The number of hydrogen-bond acceptors (Lipinski definition) is 9. The Morgan fingerprint density at radius 3 is 2.58 bits per heavy atom. The quantitative estimate of drug-likeness (QED) is 0.259. The molecular formula is C25H25ClN4O6S2. The first-order chi connectivity index (χ1) is 18.3. The molecule has 3 aromatic rings. The van der Waals surface area contributed by atoms with Gasteiger partial charge in [-0.1, -0.05) is 11.6 Å². The number of carbonyl (C=O) groups is 3. The van der Waals surface area contributed by atoms with Crippen LogP contribution in [0.4, 0.5) is 10.7 Å². The van der Waals surface area contributed by atoms with E-state index in [9.17, 15) is 24.5 Å². The maximum atomic E-state index is 13.2. The van der Waals surface area contributed by atoms with E-state index in [-0.39, 0.29) is 24.0 Å². The standard InChI is InChI=1S/C25H25ClN4O6S2/c1-36-25(33)20-15-4-2-3-5-17(15)38-23(20)27-19(31)13-28-8-10-29(11-9-28)24(32)22-21(26)16-7-6-14(30(34)35)12-18(16)37-22/h6-7,12H,2-5,8-11,13H2,1H3,(H,27,31). The number of aryl methyl sites for hydroxylation is 1. The van der Waals surface area contributed by atoms with Crippen molar-refractivity contribution in [2.75, 3.05) is 45.2 Å². The molecule has 0 saturated carbocycles. The Hall–Kier alpha value is -3.06. The van der Waals surface area contributed by atoms with Crippen molar-refractivity contribution in [3.63, 3.8) is 0 Å². The lowest BCUT2D eigenvalue weighted by atomic mass is 9.95. The van der Waals surface area contributed by atoms with Crippen molar-refractivity contribution >= 4 is 72.8 Å². The number of amides is 2. The lowest BCUT2D eigenvalue weighted by molar-refractivity contribution is -0.384. The van der Waals surface area contributed by atoms with Crippen LogP contribution in [0.15, 0.2) is 18.2 Å². The molecule has 1 aliphatic carbocycles. The fourth-order valence-electron chi connectivity index (χ4n) is 4.90. The van der Waals surface area contributed by atoms with Crippen molar-refractivity contribution in [1.82, 2.24) is 9.80 Å². The van der Waals surface area contributed by atoms with E-state index < -0.39 is 10.9 Å². The van der Waals surface area contributed by atoms with Gasteiger partial charge in [0.25, 0.3) is 11.6 Å². The maximum Gasteiger partial charge on any atom is 0.341 e. The maximum absolute atomic E-state index is 13.2. The van der Waals surface area contributed by atoms with Gasteiger partial charge in [-0.3, -0.25) is 24.6 Å². The summed E-state index contributed by atoms with van der Waals surface area (Å²) in [6, 6.07) is 4.36. The predicted molar refractivity (Wildman–Crippen MR) is 147 cm³/mol. The monoisotopic (exact) mass is 576 g/mol. The fraction of sp³-hybridized carbons (Fsp3) is 0.400. The van der Waals surface area contributed by atoms with Gasteiger partial charge in [-0.2, -0.15) is 0 Å². The lowest BCUT2D eigenvalue weighted by Gasteiger charge is -2.34. The average Bonchev–Trinajstić information content (AvgIpc) is 3.44. The van der Waals surface area contributed by atoms with Gasteiger partial charge in [0.05, 0.1) is 29.2 Å². The number of benzene rings is 1. The van der Waals surface area contributed by atoms with Crippen molar-refractivity contribution in [2.45, 2.75) is 25.7 Å². The Morgan fingerprint density at radius 2 is 1.87 bits per heavy atom. The summed E-state index contributed by atoms with van der Waals surface area (Å²) in [6.07, 6.45) is 3.79. The van der Waals surface area contributed by atoms with Gasteiger partial charge in [0, 0.05) is 53.3 Å². The average molecular weight is 577 g/mol. The van der Waals surface area contributed by atoms with Crippen LogP contribution in [-0.4, -0.2) is 72.3 Å². The first-order valence-corrected chi connectivity index (χ1v) is 14.2. The van der Waals surface area contributed by atoms with E-state index >= 15 is 0 Å². The van der Waals surface area contributed by atoms with Gasteiger partial charge in [-0.05, 0) is 37.3 Å². The zero-order valence-corrected chi connectivity index (χ0v) is 23.0. The number of esters is 1. The normalized spacial score (nSPS) is 15.8. The molecule has 2 aromatic heterocycles. The zero-order chi connectivity index (χ0) is 27.0. The molecular weight excluding hydrogens is 552 g/mol. The van der Waals surface area contributed by atoms with E-state index in [4.69, 9.17) is 16.3 Å². The molecule has 1 aliphatic heterocycles. The summed E-state index contributed by atoms with van der Waals surface area (Å²) in [5.41, 5.74) is 1.41. The SMILES string of the molecule is COC(=O)c1c(NC(=O)CN2CCN(C(=O)c3sc4cc([N+](=O)[O-])ccc4c3Cl)CC2)sc2c1CCCC2. The van der Waals surface area contributed by atoms with Crippen molar-refractivity contribution in [3.8, 4) is 0 Å². The highest BCUT2D eigenvalue weighted by atomic mass is 35.5. The Morgan fingerprint density at radius 1 is 1.13 bits per heavy atom. The number of halogens is 1. The lowest BCUT2D eigenvalue weighted by Crippen LogP contribution is -2.50. The van der Waals surface area contributed by atoms with Gasteiger partial charge in [0.1, 0.15) is 9.88 Å². The second kappa shape index (κ2) is 11.0. The fourth-order valence-corrected chi connectivity index (χ4v) is 7.71. The topological polar surface area (TPSA) is 122 Å². The van der Waals surface area contributed by atoms with E-state index in [2.05, 4.69) is 5.32 Å². The molecule has 5 rings (SSSR count). The van der Waals surface area contributed by atoms with Crippen LogP contribution in [0, 0.1) is 10.1 Å². The van der Waals surface area contributed by atoms with Crippen LogP contribution in [0.1, 0.15) is 43.3 Å². The summed E-state index contributed by atoms with van der Waals surface area (Å²) >= 11 is 9.05. The molecule has 1 N–H and O–H groups in total. The molecule has 13 heteroatoms. The molecule has 0 radical (unpaired) electrons. The van der Waals surface area contributed by atoms with Crippen LogP contribution in [0.3, 0.4) is 0 Å². The molecule has 1 saturated heterocycles. The highest BCUT2D eigenvalue weighted by molar-refractivity contribution is 7.21. The third kappa shape index (κ3) is 5.13. The molecule has 0 atom stereocenters. The van der Waals surface area contributed by atoms with E-state index in [0.717, 1.165) is 47.5 Å². The number of nitro groups is 1. The van der Waals surface area contributed by atoms with Gasteiger partial charge in [-0.15, -0.1) is 22.7 Å².